The molecule has 694 valence electrons. The maximum absolute atomic E-state index is 13.8. The van der Waals surface area contributed by atoms with Crippen molar-refractivity contribution < 1.29 is 55.7 Å². The fraction of sp³-hybridized carbons (Fsp3) is 0.223. The molecule has 8 aromatic heterocycles. The number of fused-ring (bicyclic) bond motifs is 4. The Bertz CT molecular complexity index is 7330. The van der Waals surface area contributed by atoms with Crippen molar-refractivity contribution in [2.75, 3.05) is 126 Å². The van der Waals surface area contributed by atoms with E-state index in [1.807, 2.05) is 100 Å². The van der Waals surface area contributed by atoms with Gasteiger partial charge in [-0.2, -0.15) is 0 Å². The molecule has 8 amide bonds. The van der Waals surface area contributed by atoms with Crippen LogP contribution in [0.1, 0.15) is 47.2 Å². The molecule has 4 aliphatic heterocycles. The van der Waals surface area contributed by atoms with Crippen LogP contribution in [0.15, 0.2) is 219 Å². The number of ether oxygens (including phenoxy) is 4. The third-order valence-electron chi connectivity index (χ3n) is 24.0. The van der Waals surface area contributed by atoms with Crippen molar-refractivity contribution in [1.82, 2.24) is 84.4 Å². The van der Waals surface area contributed by atoms with Crippen molar-refractivity contribution >= 4 is 108 Å². The second-order valence-corrected chi connectivity index (χ2v) is 33.4. The van der Waals surface area contributed by atoms with E-state index in [0.29, 0.717) is 173 Å². The Morgan fingerprint density at radius 1 is 0.341 bits per heavy atom. The van der Waals surface area contributed by atoms with Gasteiger partial charge in [-0.15, -0.1) is 0 Å². The number of halogens is 5. The molecule has 4 N–H and O–H groups in total. The number of anilines is 4. The molecular weight excluding hydrogens is 1780 g/mol. The van der Waals surface area contributed by atoms with Crippen LogP contribution in [0.2, 0.25) is 5.02 Å². The first-order valence-corrected chi connectivity index (χ1v) is 45.1. The van der Waals surface area contributed by atoms with Crippen LogP contribution in [0, 0.1) is 57.5 Å². The molecule has 5 aliphatic rings. The van der Waals surface area contributed by atoms with Crippen LogP contribution in [-0.4, -0.2) is 214 Å². The minimum Gasteiger partial charge on any atom is -0.378 e. The molecule has 0 unspecified atom stereocenters. The first kappa shape index (κ1) is 92.5. The molecular formula is C103H89ClF4N22O8. The van der Waals surface area contributed by atoms with E-state index >= 15 is 0 Å². The lowest BCUT2D eigenvalue weighted by molar-refractivity contribution is 0.0564. The molecule has 16 aromatic rings. The highest BCUT2D eigenvalue weighted by Crippen LogP contribution is 2.49. The van der Waals surface area contributed by atoms with E-state index in [0.717, 1.165) is 129 Å². The zero-order valence-corrected chi connectivity index (χ0v) is 76.1. The molecule has 5 fully saturated rings. The molecule has 0 radical (unpaired) electrons. The van der Waals surface area contributed by atoms with Gasteiger partial charge in [0.1, 0.15) is 66.0 Å². The summed E-state index contributed by atoms with van der Waals surface area (Å²) in [5.41, 5.74) is 19.4. The van der Waals surface area contributed by atoms with E-state index in [2.05, 4.69) is 72.1 Å². The molecule has 12 heterocycles. The molecule has 21 rings (SSSR count). The Labute approximate surface area is 794 Å². The molecule has 35 heteroatoms. The number of rotatable bonds is 13. The van der Waals surface area contributed by atoms with Crippen LogP contribution < -0.4 is 21.3 Å². The van der Waals surface area contributed by atoms with Crippen molar-refractivity contribution in [2.45, 2.75) is 46.5 Å². The molecule has 1 saturated carbocycles. The number of hydrogen-bond donors (Lipinski definition) is 4. The number of aryl methyl sites for hydroxylation is 4. The van der Waals surface area contributed by atoms with Crippen LogP contribution in [0.4, 0.5) is 65.8 Å². The zero-order valence-electron chi connectivity index (χ0n) is 75.3. The van der Waals surface area contributed by atoms with Crippen molar-refractivity contribution in [1.29, 1.82) is 0 Å². The van der Waals surface area contributed by atoms with E-state index in [1.165, 1.54) is 61.2 Å². The van der Waals surface area contributed by atoms with Gasteiger partial charge in [0.05, 0.1) is 115 Å². The van der Waals surface area contributed by atoms with Crippen LogP contribution in [0.5, 0.6) is 0 Å². The largest absolute Gasteiger partial charge is 0.378 e. The minimum atomic E-state index is -0.379. The number of nitrogens with zero attached hydrogens (tertiary/aromatic N) is 18. The number of carbonyl (C=O) groups is 4. The predicted octanol–water partition coefficient (Wildman–Crippen LogP) is 20.2. The van der Waals surface area contributed by atoms with Gasteiger partial charge in [0.25, 0.3) is 0 Å². The highest BCUT2D eigenvalue weighted by Gasteiger charge is 2.34. The number of amides is 8. The summed E-state index contributed by atoms with van der Waals surface area (Å²) in [6, 6.07) is 53.6. The van der Waals surface area contributed by atoms with E-state index in [-0.39, 0.29) is 65.1 Å². The summed E-state index contributed by atoms with van der Waals surface area (Å²) in [7, 11) is 0. The standard InChI is InChI=1S/C27H25FN6O2.C26H21FN6O2.C25H21ClFN5O2.C25H22FN5O2/c1-16-21-14-19(6-9-22(21)30-15-29-16)23-24(17-2-3-17)31-26(33-27(35)34-10-12-36-13-11-34)32-25(23)18-4-7-20(28)8-5-18;1-16-20-13-18(5-8-21(20)30-15-29-16)24-22(28-2)14-23(32-26(34)33-9-11-35-12-10-33)31-25(24)17-3-6-19(27)7-4-17;1-15-19-12-17(4-7-21(19)29-14-28-15)23-20(26)13-22(31-25(33)32-8-10-34-11-9-32)30-24(23)16-2-5-18(27)6-3-16;1-16-21-14-18(4-8-22(21)28-15-27-16)20-7-9-23(30-25(32)31-10-12-33-13-11-31)29-24(20)17-2-5-19(26)6-3-17/h4-9,14-15,17H,2-3,10-13H2,1H3,(H,31,32,33,35);3-8,13-15H,9-12H2,1H3,(H,31,32,34);2-7,12-14H,8-11H2,1H3,(H,30,31,33);2-9,14-15H,10-13H2,1H3,(H,29,30,32). The summed E-state index contributed by atoms with van der Waals surface area (Å²) in [5.74, 6) is 0.117. The number of aromatic nitrogens is 13. The quantitative estimate of drug-likeness (QED) is 0.0615. The fourth-order valence-electron chi connectivity index (χ4n) is 16.5. The Balaban J connectivity index is 0.000000122. The lowest BCUT2D eigenvalue weighted by Crippen LogP contribution is -2.43. The maximum atomic E-state index is 13.8. The number of morpholine rings is 4. The third-order valence-corrected chi connectivity index (χ3v) is 24.3. The highest BCUT2D eigenvalue weighted by molar-refractivity contribution is 6.34. The summed E-state index contributed by atoms with van der Waals surface area (Å²) in [4.78, 5) is 120. The smallest absolute Gasteiger partial charge is 0.324 e. The van der Waals surface area contributed by atoms with Crippen molar-refractivity contribution in [3.8, 4) is 89.5 Å². The second kappa shape index (κ2) is 41.9. The Hall–Kier alpha value is -15.9. The molecule has 4 saturated heterocycles. The molecule has 0 bridgehead atoms. The lowest BCUT2D eigenvalue weighted by atomic mass is 9.94. The average Bonchev–Trinajstić information content (AvgIpc) is 1.49. The number of urea groups is 4. The summed E-state index contributed by atoms with van der Waals surface area (Å²) in [5, 5.41) is 15.5. The van der Waals surface area contributed by atoms with Crippen molar-refractivity contribution in [3.05, 3.63) is 288 Å². The average molecular weight is 1870 g/mol. The molecule has 8 aromatic carbocycles. The highest BCUT2D eigenvalue weighted by atomic mass is 35.5. The van der Waals surface area contributed by atoms with Gasteiger partial charge >= 0.3 is 24.1 Å². The monoisotopic (exact) mass is 1870 g/mol. The summed E-state index contributed by atoms with van der Waals surface area (Å²) < 4.78 is 76.0. The number of pyridine rings is 3. The number of hydrogen-bond acceptors (Lipinski definition) is 21. The first-order chi connectivity index (χ1) is 67.2. The minimum absolute atomic E-state index is 0.220. The van der Waals surface area contributed by atoms with Gasteiger partial charge in [0.15, 0.2) is 0 Å². The second-order valence-electron chi connectivity index (χ2n) is 33.0. The van der Waals surface area contributed by atoms with Crippen LogP contribution in [0.3, 0.4) is 0 Å². The van der Waals surface area contributed by atoms with Crippen LogP contribution in [0.25, 0.3) is 138 Å². The van der Waals surface area contributed by atoms with E-state index in [9.17, 15) is 36.7 Å². The zero-order chi connectivity index (χ0) is 95.5. The maximum Gasteiger partial charge on any atom is 0.324 e. The Morgan fingerprint density at radius 3 is 1.04 bits per heavy atom. The topological polar surface area (TPSA) is 338 Å². The normalized spacial score (nSPS) is 14.2. The lowest BCUT2D eigenvalue weighted by Gasteiger charge is -2.27. The van der Waals surface area contributed by atoms with Gasteiger partial charge in [-0.1, -0.05) is 35.9 Å². The Morgan fingerprint density at radius 2 is 0.652 bits per heavy atom. The van der Waals surface area contributed by atoms with Gasteiger partial charge in [-0.25, -0.2) is 106 Å². The molecule has 0 spiro atoms. The van der Waals surface area contributed by atoms with E-state index in [4.69, 9.17) is 62.0 Å². The molecule has 138 heavy (non-hydrogen) atoms. The van der Waals surface area contributed by atoms with Gasteiger partial charge in [0.2, 0.25) is 11.6 Å². The van der Waals surface area contributed by atoms with Crippen molar-refractivity contribution in [3.63, 3.8) is 0 Å². The van der Waals surface area contributed by atoms with Crippen molar-refractivity contribution in [2.24, 2.45) is 0 Å². The van der Waals surface area contributed by atoms with Gasteiger partial charge in [-0.05, 0) is 232 Å². The van der Waals surface area contributed by atoms with Gasteiger partial charge in [-0.3, -0.25) is 21.3 Å². The van der Waals surface area contributed by atoms with Crippen LogP contribution >= 0.6 is 11.6 Å². The summed E-state index contributed by atoms with van der Waals surface area (Å²) >= 11 is 6.78. The number of benzene rings is 8. The first-order valence-electron chi connectivity index (χ1n) is 44.7. The fourth-order valence-corrected chi connectivity index (χ4v) is 16.8. The molecule has 0 atom stereocenters. The van der Waals surface area contributed by atoms with Gasteiger partial charge < -0.3 is 38.5 Å². The van der Waals surface area contributed by atoms with Gasteiger partial charge in [0, 0.05) is 148 Å². The van der Waals surface area contributed by atoms with E-state index < -0.39 is 0 Å². The molecule has 1 aliphatic carbocycles. The molecule has 30 nitrogen and oxygen atoms in total. The Kier molecular flexibility index (Phi) is 28.1. The number of carbonyl (C=O) groups excluding carboxylic acids is 4. The van der Waals surface area contributed by atoms with E-state index in [1.54, 1.807) is 99.0 Å². The number of nitrogens with one attached hydrogen (secondary N) is 4. The third kappa shape index (κ3) is 21.4. The summed E-state index contributed by atoms with van der Waals surface area (Å²) in [6.45, 7) is 23.6. The SMILES string of the molecule is Cc1ncnc2ccc(-c3c(-c4ccc(F)cc4)nc(NC(=O)N4CCOCC4)nc3C3CC3)cc12.Cc1ncnc2ccc(-c3c(Cl)cc(NC(=O)N4CCOCC4)nc3-c3ccc(F)cc3)cc12.Cc1ncnc2ccc(-c3ccc(NC(=O)N4CCOCC4)nc3-c3ccc(F)cc3)cc12.[C-]#[N+]c1cc(NC(=O)N2CCOCC2)nc(-c2ccc(F)cc2)c1-c1ccc2ncnc(C)c2c1. The summed E-state index contributed by atoms with van der Waals surface area (Å²) in [6.07, 6.45) is 8.18. The predicted molar refractivity (Wildman–Crippen MR) is 518 cm³/mol. The van der Waals surface area contributed by atoms with Crippen LogP contribution in [-0.2, 0) is 18.9 Å².